The van der Waals surface area contributed by atoms with E-state index in [0.29, 0.717) is 11.7 Å². The smallest absolute Gasteiger partial charge is 0.153 e. The molecule has 2 rings (SSSR count). The van der Waals surface area contributed by atoms with Crippen molar-refractivity contribution in [2.24, 2.45) is 5.92 Å². The zero-order valence-electron chi connectivity index (χ0n) is 9.35. The Hall–Kier alpha value is -0.460. The predicted octanol–water partition coefficient (Wildman–Crippen LogP) is 1.66. The number of piperidine rings is 1. The van der Waals surface area contributed by atoms with Gasteiger partial charge in [-0.05, 0) is 36.5 Å². The highest BCUT2D eigenvalue weighted by atomic mass is 32.2. The summed E-state index contributed by atoms with van der Waals surface area (Å²) in [6, 6.07) is 0. The van der Waals surface area contributed by atoms with Gasteiger partial charge in [0, 0.05) is 19.7 Å². The Morgan fingerprint density at radius 2 is 2.50 bits per heavy atom. The summed E-state index contributed by atoms with van der Waals surface area (Å²) in [5.74, 6) is 1.03. The van der Waals surface area contributed by atoms with E-state index >= 15 is 0 Å². The Labute approximate surface area is 104 Å². The summed E-state index contributed by atoms with van der Waals surface area (Å²) < 4.78 is 4.21. The van der Waals surface area contributed by atoms with Crippen molar-refractivity contribution in [1.29, 1.82) is 0 Å². The third-order valence-electron chi connectivity index (χ3n) is 2.93. The maximum absolute atomic E-state index is 9.22. The molecule has 1 aromatic heterocycles. The highest BCUT2D eigenvalue weighted by molar-refractivity contribution is 7.99. The van der Waals surface area contributed by atoms with Gasteiger partial charge in [-0.15, -0.1) is 11.8 Å². The summed E-state index contributed by atoms with van der Waals surface area (Å²) >= 11 is 3.12. The molecule has 0 spiro atoms. The van der Waals surface area contributed by atoms with Crippen molar-refractivity contribution in [3.63, 3.8) is 0 Å². The van der Waals surface area contributed by atoms with E-state index in [0.717, 1.165) is 30.8 Å². The first-order chi connectivity index (χ1) is 7.76. The normalized spacial score (nSPS) is 21.4. The number of rotatable bonds is 3. The van der Waals surface area contributed by atoms with Crippen molar-refractivity contribution in [2.45, 2.75) is 17.7 Å². The number of nitrogens with two attached hydrogens (primary N) is 1. The molecule has 3 N–H and O–H groups in total. The summed E-state index contributed by atoms with van der Waals surface area (Å²) in [6.07, 6.45) is 4.28. The van der Waals surface area contributed by atoms with Gasteiger partial charge in [-0.1, -0.05) is 0 Å². The van der Waals surface area contributed by atoms with Crippen LogP contribution in [0.1, 0.15) is 12.8 Å². The molecule has 0 amide bonds. The van der Waals surface area contributed by atoms with E-state index in [4.69, 9.17) is 5.73 Å². The molecule has 1 fully saturated rings. The minimum Gasteiger partial charge on any atom is -0.396 e. The number of nitrogens with zero attached hydrogens (tertiary/aromatic N) is 2. The fourth-order valence-corrected chi connectivity index (χ4v) is 3.80. The second-order valence-electron chi connectivity index (χ2n) is 4.04. The number of aliphatic hydroxyl groups excluding tert-OH is 1. The Bertz CT molecular complexity index is 356. The number of thioether (sulfide) groups is 1. The van der Waals surface area contributed by atoms with Gasteiger partial charge in [-0.25, -0.2) is 0 Å². The van der Waals surface area contributed by atoms with E-state index in [9.17, 15) is 5.11 Å². The topological polar surface area (TPSA) is 62.4 Å². The Morgan fingerprint density at radius 3 is 3.19 bits per heavy atom. The van der Waals surface area contributed by atoms with Crippen molar-refractivity contribution >= 4 is 34.1 Å². The minimum absolute atomic E-state index is 0.277. The molecule has 1 aromatic rings. The molecule has 1 aliphatic heterocycles. The van der Waals surface area contributed by atoms with Gasteiger partial charge in [0.1, 0.15) is 5.00 Å². The SMILES string of the molecule is CSc1c(N)nsc1N1CCCC(CO)C1. The van der Waals surface area contributed by atoms with Crippen LogP contribution in [0.4, 0.5) is 10.8 Å². The van der Waals surface area contributed by atoms with Gasteiger partial charge in [0.2, 0.25) is 0 Å². The molecule has 90 valence electrons. The number of anilines is 2. The molecule has 4 nitrogen and oxygen atoms in total. The first kappa shape index (κ1) is 12.0. The summed E-state index contributed by atoms with van der Waals surface area (Å²) in [7, 11) is 0. The van der Waals surface area contributed by atoms with Gasteiger partial charge in [-0.3, -0.25) is 0 Å². The van der Waals surface area contributed by atoms with Crippen molar-refractivity contribution in [3.8, 4) is 0 Å². The van der Waals surface area contributed by atoms with Crippen LogP contribution in [0.25, 0.3) is 0 Å². The zero-order chi connectivity index (χ0) is 11.5. The fraction of sp³-hybridized carbons (Fsp3) is 0.700. The molecule has 0 aromatic carbocycles. The number of aromatic nitrogens is 1. The fourth-order valence-electron chi connectivity index (χ4n) is 2.08. The quantitative estimate of drug-likeness (QED) is 0.808. The van der Waals surface area contributed by atoms with Crippen LogP contribution in [0.3, 0.4) is 0 Å². The van der Waals surface area contributed by atoms with E-state index in [1.54, 1.807) is 11.8 Å². The standard InChI is InChI=1S/C10H17N3OS2/c1-15-8-9(11)12-16-10(8)13-4-2-3-7(5-13)6-14/h7,14H,2-6H2,1H3,(H2,11,12). The maximum Gasteiger partial charge on any atom is 0.153 e. The predicted molar refractivity (Wildman–Crippen MR) is 70.3 cm³/mol. The third kappa shape index (κ3) is 2.28. The first-order valence-corrected chi connectivity index (χ1v) is 7.41. The number of hydrogen-bond donors (Lipinski definition) is 2. The molecule has 0 radical (unpaired) electrons. The number of nitrogen functional groups attached to an aromatic ring is 1. The van der Waals surface area contributed by atoms with Crippen LogP contribution in [0, 0.1) is 5.92 Å². The maximum atomic E-state index is 9.22. The first-order valence-electron chi connectivity index (χ1n) is 5.41. The van der Waals surface area contributed by atoms with Crippen LogP contribution < -0.4 is 10.6 Å². The molecular formula is C10H17N3OS2. The van der Waals surface area contributed by atoms with Crippen LogP contribution in [0.15, 0.2) is 4.90 Å². The molecule has 0 aliphatic carbocycles. The van der Waals surface area contributed by atoms with E-state index in [-0.39, 0.29) is 6.61 Å². The minimum atomic E-state index is 0.277. The van der Waals surface area contributed by atoms with Crippen molar-refractivity contribution in [1.82, 2.24) is 4.37 Å². The molecule has 1 saturated heterocycles. The van der Waals surface area contributed by atoms with Crippen molar-refractivity contribution in [3.05, 3.63) is 0 Å². The second-order valence-corrected chi connectivity index (χ2v) is 5.61. The summed E-state index contributed by atoms with van der Waals surface area (Å²) in [6.45, 7) is 2.25. The van der Waals surface area contributed by atoms with E-state index in [1.807, 2.05) is 6.26 Å². The van der Waals surface area contributed by atoms with Gasteiger partial charge < -0.3 is 15.7 Å². The summed E-state index contributed by atoms with van der Waals surface area (Å²) in [5, 5.41) is 10.4. The Morgan fingerprint density at radius 1 is 1.69 bits per heavy atom. The molecule has 0 saturated carbocycles. The number of aliphatic hydroxyl groups is 1. The molecular weight excluding hydrogens is 242 g/mol. The van der Waals surface area contributed by atoms with Gasteiger partial charge in [0.05, 0.1) is 4.90 Å². The monoisotopic (exact) mass is 259 g/mol. The lowest BCUT2D eigenvalue weighted by Gasteiger charge is -2.32. The van der Waals surface area contributed by atoms with E-state index < -0.39 is 0 Å². The highest BCUT2D eigenvalue weighted by Gasteiger charge is 2.23. The van der Waals surface area contributed by atoms with Crippen LogP contribution in [-0.2, 0) is 0 Å². The van der Waals surface area contributed by atoms with Crippen LogP contribution in [0.2, 0.25) is 0 Å². The lowest BCUT2D eigenvalue weighted by atomic mass is 9.99. The van der Waals surface area contributed by atoms with Crippen LogP contribution in [-0.4, -0.2) is 35.4 Å². The average molecular weight is 259 g/mol. The van der Waals surface area contributed by atoms with Crippen molar-refractivity contribution < 1.29 is 5.11 Å². The molecule has 1 atom stereocenters. The molecule has 16 heavy (non-hydrogen) atoms. The Balaban J connectivity index is 2.16. The highest BCUT2D eigenvalue weighted by Crippen LogP contribution is 2.39. The van der Waals surface area contributed by atoms with Gasteiger partial charge in [0.25, 0.3) is 0 Å². The van der Waals surface area contributed by atoms with Crippen molar-refractivity contribution in [2.75, 3.05) is 36.6 Å². The molecule has 2 heterocycles. The van der Waals surface area contributed by atoms with Gasteiger partial charge in [-0.2, -0.15) is 4.37 Å². The molecule has 1 aliphatic rings. The molecule has 0 bridgehead atoms. The molecule has 6 heteroatoms. The van der Waals surface area contributed by atoms with Crippen LogP contribution in [0.5, 0.6) is 0 Å². The summed E-state index contributed by atoms with van der Waals surface area (Å²) in [5.41, 5.74) is 5.83. The average Bonchev–Trinajstić information content (AvgIpc) is 2.70. The second kappa shape index (κ2) is 5.25. The lowest BCUT2D eigenvalue weighted by molar-refractivity contribution is 0.209. The van der Waals surface area contributed by atoms with E-state index in [1.165, 1.54) is 16.5 Å². The Kier molecular flexibility index (Phi) is 3.94. The largest absolute Gasteiger partial charge is 0.396 e. The lowest BCUT2D eigenvalue weighted by Crippen LogP contribution is -2.36. The molecule has 1 unspecified atom stereocenters. The van der Waals surface area contributed by atoms with Gasteiger partial charge >= 0.3 is 0 Å². The third-order valence-corrected chi connectivity index (χ3v) is 4.79. The summed E-state index contributed by atoms with van der Waals surface area (Å²) in [4.78, 5) is 3.40. The van der Waals surface area contributed by atoms with Crippen LogP contribution >= 0.6 is 23.3 Å². The number of hydrogen-bond acceptors (Lipinski definition) is 6. The zero-order valence-corrected chi connectivity index (χ0v) is 11.0. The van der Waals surface area contributed by atoms with Gasteiger partial charge in [0.15, 0.2) is 5.82 Å². The van der Waals surface area contributed by atoms with E-state index in [2.05, 4.69) is 9.27 Å².